The molecule has 9 nitrogen and oxygen atoms in total. The van der Waals surface area contributed by atoms with Gasteiger partial charge in [-0.25, -0.2) is 0 Å². The van der Waals surface area contributed by atoms with E-state index in [0.29, 0.717) is 42.1 Å². The molecule has 188 valence electrons. The zero-order valence-electron chi connectivity index (χ0n) is 20.6. The van der Waals surface area contributed by atoms with Crippen molar-refractivity contribution < 1.29 is 9.90 Å². The molecular formula is C26H37N7O2. The van der Waals surface area contributed by atoms with Gasteiger partial charge in [-0.1, -0.05) is 12.1 Å². The summed E-state index contributed by atoms with van der Waals surface area (Å²) in [5, 5.41) is 25.5. The van der Waals surface area contributed by atoms with Crippen molar-refractivity contribution in [2.45, 2.75) is 31.7 Å². The van der Waals surface area contributed by atoms with E-state index >= 15 is 0 Å². The number of likely N-dealkylation sites (tertiary alicyclic amines) is 1. The van der Waals surface area contributed by atoms with Gasteiger partial charge < -0.3 is 25.5 Å². The van der Waals surface area contributed by atoms with Crippen molar-refractivity contribution in [1.29, 1.82) is 0 Å². The Kier molecular flexibility index (Phi) is 7.34. The normalized spacial score (nSPS) is 22.3. The van der Waals surface area contributed by atoms with Crippen LogP contribution in [-0.4, -0.2) is 96.5 Å². The molecule has 1 amide bonds. The molecule has 0 bridgehead atoms. The molecule has 9 heteroatoms. The molecule has 5 rings (SSSR count). The van der Waals surface area contributed by atoms with Gasteiger partial charge in [0, 0.05) is 51.4 Å². The highest BCUT2D eigenvalue weighted by molar-refractivity contribution is 5.80. The quantitative estimate of drug-likeness (QED) is 0.599. The number of aromatic nitrogens is 2. The Hall–Kier alpha value is -2.91. The Morgan fingerprint density at radius 2 is 1.83 bits per heavy atom. The van der Waals surface area contributed by atoms with E-state index in [4.69, 9.17) is 0 Å². The number of piperazine rings is 1. The summed E-state index contributed by atoms with van der Waals surface area (Å²) >= 11 is 0. The summed E-state index contributed by atoms with van der Waals surface area (Å²) in [7, 11) is 1.84. The second kappa shape index (κ2) is 10.8. The number of carbonyl (C=O) groups excluding carboxylic acids is 1. The van der Waals surface area contributed by atoms with E-state index in [2.05, 4.69) is 35.5 Å². The van der Waals surface area contributed by atoms with Crippen LogP contribution < -0.4 is 15.5 Å². The lowest BCUT2D eigenvalue weighted by molar-refractivity contribution is -0.138. The van der Waals surface area contributed by atoms with Gasteiger partial charge in [0.2, 0.25) is 5.91 Å². The monoisotopic (exact) mass is 479 g/mol. The van der Waals surface area contributed by atoms with Gasteiger partial charge >= 0.3 is 0 Å². The summed E-state index contributed by atoms with van der Waals surface area (Å²) in [6.07, 6.45) is 4.50. The molecule has 3 fully saturated rings. The average molecular weight is 480 g/mol. The van der Waals surface area contributed by atoms with Gasteiger partial charge in [-0.05, 0) is 63.5 Å². The van der Waals surface area contributed by atoms with Crippen molar-refractivity contribution in [1.82, 2.24) is 25.3 Å². The van der Waals surface area contributed by atoms with Crippen LogP contribution in [0, 0.1) is 5.92 Å². The number of phenolic OH excluding ortho intramolecular Hbond substituents is 1. The molecule has 3 aliphatic rings. The van der Waals surface area contributed by atoms with E-state index < -0.39 is 0 Å². The summed E-state index contributed by atoms with van der Waals surface area (Å²) < 4.78 is 0. The Bertz CT molecular complexity index is 1020. The van der Waals surface area contributed by atoms with Crippen LogP contribution in [0.25, 0.3) is 11.3 Å². The Balaban J connectivity index is 1.23. The first-order valence-electron chi connectivity index (χ1n) is 13.0. The number of aromatic hydroxyl groups is 1. The van der Waals surface area contributed by atoms with Gasteiger partial charge in [-0.15, -0.1) is 10.2 Å². The molecule has 3 saturated heterocycles. The Morgan fingerprint density at radius 1 is 1.06 bits per heavy atom. The molecule has 0 saturated carbocycles. The van der Waals surface area contributed by atoms with Crippen molar-refractivity contribution >= 4 is 17.4 Å². The first-order chi connectivity index (χ1) is 17.1. The van der Waals surface area contributed by atoms with Crippen LogP contribution >= 0.6 is 0 Å². The van der Waals surface area contributed by atoms with Gasteiger partial charge in [-0.2, -0.15) is 0 Å². The lowest BCUT2D eigenvalue weighted by atomic mass is 9.93. The third kappa shape index (κ3) is 5.21. The third-order valence-corrected chi connectivity index (χ3v) is 7.75. The maximum Gasteiger partial charge on any atom is 0.227 e. The van der Waals surface area contributed by atoms with Gasteiger partial charge in [0.15, 0.2) is 5.82 Å². The number of nitrogens with zero attached hydrogens (tertiary/aromatic N) is 5. The molecular weight excluding hydrogens is 442 g/mol. The Morgan fingerprint density at radius 3 is 2.57 bits per heavy atom. The van der Waals surface area contributed by atoms with Crippen LogP contribution in [-0.2, 0) is 4.79 Å². The zero-order valence-corrected chi connectivity index (χ0v) is 20.6. The minimum Gasteiger partial charge on any atom is -0.507 e. The van der Waals surface area contributed by atoms with Gasteiger partial charge in [-0.3, -0.25) is 9.69 Å². The van der Waals surface area contributed by atoms with E-state index in [1.165, 1.54) is 12.8 Å². The first-order valence-corrected chi connectivity index (χ1v) is 13.0. The number of phenols is 1. The minimum absolute atomic E-state index is 0.119. The number of hydrogen-bond donors (Lipinski definition) is 3. The SMILES string of the molecule is CNc1nnc(-c2ccccc2O)cc1N1CCN(C(=O)[C@@H]2CCCN(C3CCNCC3)C2)CC1. The molecule has 2 aromatic rings. The summed E-state index contributed by atoms with van der Waals surface area (Å²) in [4.78, 5) is 20.3. The van der Waals surface area contributed by atoms with Crippen molar-refractivity contribution in [3.63, 3.8) is 0 Å². The standard InChI is InChI=1S/C26H37N7O2/c1-27-25-23(17-22(29-30-25)21-6-2-3-7-24(21)34)31-13-15-32(16-14-31)26(35)19-5-4-12-33(18-19)20-8-10-28-11-9-20/h2-3,6-7,17,19-20,28,34H,4-5,8-16,18H2,1H3,(H,27,30)/t19-/m1/s1. The van der Waals surface area contributed by atoms with E-state index in [1.807, 2.05) is 25.2 Å². The molecule has 1 atom stereocenters. The number of amides is 1. The van der Waals surface area contributed by atoms with Crippen LogP contribution in [0.4, 0.5) is 11.5 Å². The van der Waals surface area contributed by atoms with E-state index in [0.717, 1.165) is 57.8 Å². The van der Waals surface area contributed by atoms with Crippen LogP contribution in [0.3, 0.4) is 0 Å². The maximum atomic E-state index is 13.4. The predicted molar refractivity (Wildman–Crippen MR) is 138 cm³/mol. The maximum absolute atomic E-state index is 13.4. The first kappa shape index (κ1) is 23.8. The van der Waals surface area contributed by atoms with Crippen LogP contribution in [0.1, 0.15) is 25.7 Å². The molecule has 4 heterocycles. The lowest BCUT2D eigenvalue weighted by Crippen LogP contribution is -2.54. The van der Waals surface area contributed by atoms with Crippen molar-refractivity contribution in [2.24, 2.45) is 5.92 Å². The van der Waals surface area contributed by atoms with Gasteiger partial charge in [0.05, 0.1) is 17.3 Å². The fourth-order valence-corrected chi connectivity index (χ4v) is 5.76. The third-order valence-electron chi connectivity index (χ3n) is 7.75. The molecule has 35 heavy (non-hydrogen) atoms. The van der Waals surface area contributed by atoms with Crippen molar-refractivity contribution in [3.8, 4) is 17.0 Å². The number of rotatable bonds is 5. The number of piperidine rings is 2. The largest absolute Gasteiger partial charge is 0.507 e. The van der Waals surface area contributed by atoms with Crippen LogP contribution in [0.5, 0.6) is 5.75 Å². The van der Waals surface area contributed by atoms with Crippen molar-refractivity contribution in [2.75, 3.05) is 69.6 Å². The second-order valence-corrected chi connectivity index (χ2v) is 9.86. The molecule has 0 radical (unpaired) electrons. The minimum atomic E-state index is 0.119. The summed E-state index contributed by atoms with van der Waals surface area (Å²) in [6.45, 7) is 7.13. The van der Waals surface area contributed by atoms with E-state index in [1.54, 1.807) is 12.1 Å². The van der Waals surface area contributed by atoms with E-state index in [9.17, 15) is 9.90 Å². The molecule has 0 spiro atoms. The highest BCUT2D eigenvalue weighted by Gasteiger charge is 2.34. The average Bonchev–Trinajstić information content (AvgIpc) is 2.93. The highest BCUT2D eigenvalue weighted by atomic mass is 16.3. The highest BCUT2D eigenvalue weighted by Crippen LogP contribution is 2.33. The predicted octanol–water partition coefficient (Wildman–Crippen LogP) is 2.00. The number of hydrogen-bond acceptors (Lipinski definition) is 8. The van der Waals surface area contributed by atoms with Crippen LogP contribution in [0.2, 0.25) is 0 Å². The number of benzene rings is 1. The number of carbonyl (C=O) groups is 1. The smallest absolute Gasteiger partial charge is 0.227 e. The van der Waals surface area contributed by atoms with E-state index in [-0.39, 0.29) is 11.7 Å². The second-order valence-electron chi connectivity index (χ2n) is 9.86. The van der Waals surface area contributed by atoms with Crippen molar-refractivity contribution in [3.05, 3.63) is 30.3 Å². The number of nitrogens with one attached hydrogen (secondary N) is 2. The molecule has 0 unspecified atom stereocenters. The summed E-state index contributed by atoms with van der Waals surface area (Å²) in [5.41, 5.74) is 2.24. The molecule has 0 aliphatic carbocycles. The zero-order chi connectivity index (χ0) is 24.2. The topological polar surface area (TPSA) is 96.9 Å². The molecule has 3 N–H and O–H groups in total. The van der Waals surface area contributed by atoms with Crippen LogP contribution in [0.15, 0.2) is 30.3 Å². The lowest BCUT2D eigenvalue weighted by Gasteiger charge is -2.42. The summed E-state index contributed by atoms with van der Waals surface area (Å²) in [6, 6.07) is 9.78. The Labute approximate surface area is 207 Å². The number of para-hydroxylation sites is 1. The molecule has 3 aliphatic heterocycles. The fourth-order valence-electron chi connectivity index (χ4n) is 5.76. The molecule has 1 aromatic heterocycles. The van der Waals surface area contributed by atoms with Gasteiger partial charge in [0.25, 0.3) is 0 Å². The molecule has 1 aromatic carbocycles. The van der Waals surface area contributed by atoms with Gasteiger partial charge in [0.1, 0.15) is 5.75 Å². The summed E-state index contributed by atoms with van der Waals surface area (Å²) in [5.74, 6) is 1.33. The number of anilines is 2. The fraction of sp³-hybridized carbons (Fsp3) is 0.577.